The smallest absolute Gasteiger partial charge is 0.325 e. The summed E-state index contributed by atoms with van der Waals surface area (Å²) in [7, 11) is 1.45. The molecule has 0 fully saturated rings. The highest BCUT2D eigenvalue weighted by Crippen LogP contribution is 1.86. The Bertz CT molecular complexity index is 160. The first-order chi connectivity index (χ1) is 5.07. The summed E-state index contributed by atoms with van der Waals surface area (Å²) in [5.74, 6) is -0.437. The number of ether oxygens (including phenoxy) is 1. The molecule has 0 aliphatic carbocycles. The molecule has 0 heterocycles. The molecule has 0 rings (SSSR count). The average molecular weight is 176 g/mol. The Morgan fingerprint density at radius 2 is 2.09 bits per heavy atom. The normalized spacial score (nSPS) is 8.91. The highest BCUT2D eigenvalue weighted by molar-refractivity contribution is 7.76. The van der Waals surface area contributed by atoms with Crippen molar-refractivity contribution >= 4 is 23.8 Å². The van der Waals surface area contributed by atoms with Crippen LogP contribution in [0, 0.1) is 0 Å². The third-order valence-electron chi connectivity index (χ3n) is 0.983. The van der Waals surface area contributed by atoms with E-state index in [9.17, 15) is 9.59 Å². The minimum Gasteiger partial charge on any atom is -0.719 e. The maximum absolute atomic E-state index is 10.7. The van der Waals surface area contributed by atoms with E-state index in [-0.39, 0.29) is 6.54 Å². The van der Waals surface area contributed by atoms with E-state index in [1.54, 1.807) is 6.92 Å². The Morgan fingerprint density at radius 3 is 2.45 bits per heavy atom. The second-order valence-corrected chi connectivity index (χ2v) is 2.28. The first-order valence-electron chi connectivity index (χ1n) is 3.15. The minimum atomic E-state index is -0.557. The topological polar surface area (TPSA) is 46.6 Å². The van der Waals surface area contributed by atoms with Gasteiger partial charge in [0.15, 0.2) is 0 Å². The van der Waals surface area contributed by atoms with E-state index in [1.165, 1.54) is 7.05 Å². The van der Waals surface area contributed by atoms with Crippen molar-refractivity contribution in [2.24, 2.45) is 0 Å². The van der Waals surface area contributed by atoms with Crippen LogP contribution in [-0.4, -0.2) is 36.3 Å². The number of esters is 1. The summed E-state index contributed by atoms with van der Waals surface area (Å²) in [6, 6.07) is 0. The summed E-state index contributed by atoms with van der Waals surface area (Å²) in [6.07, 6.45) is 0. The third kappa shape index (κ3) is 4.55. The van der Waals surface area contributed by atoms with Gasteiger partial charge in [0.25, 0.3) is 0 Å². The van der Waals surface area contributed by atoms with Gasteiger partial charge in [-0.25, -0.2) is 0 Å². The van der Waals surface area contributed by atoms with Crippen LogP contribution in [0.1, 0.15) is 6.92 Å². The predicted octanol–water partition coefficient (Wildman–Crippen LogP) is 0.148. The van der Waals surface area contributed by atoms with E-state index < -0.39 is 11.2 Å². The highest BCUT2D eigenvalue weighted by Gasteiger charge is 2.04. The standard InChI is InChI=1S/C6H11NO3S/c1-3-10-5(8)4-7(2)6(9)11/h3-4H2,1-2H3,(H,9,11)/p-1. The molecule has 0 saturated carbocycles. The second kappa shape index (κ2) is 4.90. The van der Waals surface area contributed by atoms with Crippen LogP contribution in [0.15, 0.2) is 0 Å². The number of carbonyl (C=O) groups is 2. The van der Waals surface area contributed by atoms with Gasteiger partial charge in [0.2, 0.25) is 0 Å². The number of amides is 1. The van der Waals surface area contributed by atoms with Crippen LogP contribution >= 0.6 is 0 Å². The third-order valence-corrected chi connectivity index (χ3v) is 1.29. The van der Waals surface area contributed by atoms with Crippen LogP contribution in [0.5, 0.6) is 0 Å². The van der Waals surface area contributed by atoms with E-state index in [0.29, 0.717) is 6.61 Å². The summed E-state index contributed by atoms with van der Waals surface area (Å²) < 4.78 is 4.58. The maximum atomic E-state index is 10.7. The largest absolute Gasteiger partial charge is 0.719 e. The molecule has 1 amide bonds. The SMILES string of the molecule is CCOC(=O)CN(C)C(=O)[S-]. The van der Waals surface area contributed by atoms with Crippen LogP contribution in [0.25, 0.3) is 0 Å². The molecule has 0 atom stereocenters. The van der Waals surface area contributed by atoms with Crippen molar-refractivity contribution in [2.75, 3.05) is 20.2 Å². The van der Waals surface area contributed by atoms with Gasteiger partial charge in [-0.3, -0.25) is 4.79 Å². The lowest BCUT2D eigenvalue weighted by Crippen LogP contribution is -2.30. The van der Waals surface area contributed by atoms with Crippen molar-refractivity contribution in [1.82, 2.24) is 4.90 Å². The number of hydrogen-bond donors (Lipinski definition) is 0. The lowest BCUT2D eigenvalue weighted by Gasteiger charge is -2.18. The zero-order chi connectivity index (χ0) is 8.85. The highest BCUT2D eigenvalue weighted by atomic mass is 32.1. The zero-order valence-electron chi connectivity index (χ0n) is 6.49. The van der Waals surface area contributed by atoms with Crippen LogP contribution < -0.4 is 0 Å². The molecular weight excluding hydrogens is 166 g/mol. The fourth-order valence-electron chi connectivity index (χ4n) is 0.465. The molecule has 0 unspecified atom stereocenters. The number of likely N-dealkylation sites (N-methyl/N-ethyl adjacent to an activating group) is 1. The Balaban J connectivity index is 3.66. The molecule has 0 aliphatic heterocycles. The van der Waals surface area contributed by atoms with Gasteiger partial charge in [0, 0.05) is 7.05 Å². The molecule has 0 aromatic carbocycles. The van der Waals surface area contributed by atoms with Crippen molar-refractivity contribution in [2.45, 2.75) is 6.92 Å². The molecule has 0 spiro atoms. The van der Waals surface area contributed by atoms with Crippen molar-refractivity contribution < 1.29 is 14.3 Å². The van der Waals surface area contributed by atoms with E-state index in [0.717, 1.165) is 4.90 Å². The molecule has 0 aromatic rings. The summed E-state index contributed by atoms with van der Waals surface area (Å²) in [6.45, 7) is 1.95. The van der Waals surface area contributed by atoms with Gasteiger partial charge in [0.05, 0.1) is 6.61 Å². The van der Waals surface area contributed by atoms with Gasteiger partial charge in [-0.2, -0.15) is 0 Å². The van der Waals surface area contributed by atoms with Gasteiger partial charge < -0.3 is 27.1 Å². The number of hydrogen-bond acceptors (Lipinski definition) is 4. The van der Waals surface area contributed by atoms with E-state index in [2.05, 4.69) is 17.4 Å². The van der Waals surface area contributed by atoms with Gasteiger partial charge in [-0.1, -0.05) is 0 Å². The zero-order valence-corrected chi connectivity index (χ0v) is 7.31. The molecule has 11 heavy (non-hydrogen) atoms. The molecule has 5 heteroatoms. The summed E-state index contributed by atoms with van der Waals surface area (Å²) in [5, 5.41) is -0.557. The molecule has 0 N–H and O–H groups in total. The first kappa shape index (κ1) is 10.2. The van der Waals surface area contributed by atoms with Gasteiger partial charge in [-0.05, 0) is 6.92 Å². The number of nitrogens with zero attached hydrogens (tertiary/aromatic N) is 1. The Labute approximate surface area is 70.9 Å². The van der Waals surface area contributed by atoms with Crippen LogP contribution in [0.4, 0.5) is 4.79 Å². The molecule has 0 aromatic heterocycles. The Hall–Kier alpha value is -0.840. The van der Waals surface area contributed by atoms with Crippen LogP contribution in [0.3, 0.4) is 0 Å². The average Bonchev–Trinajstić information content (AvgIpc) is 1.87. The van der Waals surface area contributed by atoms with E-state index >= 15 is 0 Å². The molecule has 0 aliphatic rings. The molecule has 64 valence electrons. The number of carbonyl (C=O) groups excluding carboxylic acids is 2. The fourth-order valence-corrected chi connectivity index (χ4v) is 0.529. The first-order valence-corrected chi connectivity index (χ1v) is 3.56. The lowest BCUT2D eigenvalue weighted by atomic mass is 10.6. The van der Waals surface area contributed by atoms with Crippen molar-refractivity contribution in [3.05, 3.63) is 0 Å². The van der Waals surface area contributed by atoms with E-state index in [4.69, 9.17) is 0 Å². The van der Waals surface area contributed by atoms with Crippen molar-refractivity contribution in [1.29, 1.82) is 0 Å². The van der Waals surface area contributed by atoms with Crippen LogP contribution in [0.2, 0.25) is 0 Å². The fraction of sp³-hybridized carbons (Fsp3) is 0.667. The predicted molar refractivity (Wildman–Crippen MR) is 42.0 cm³/mol. The lowest BCUT2D eigenvalue weighted by molar-refractivity contribution is -0.143. The molecule has 0 saturated heterocycles. The van der Waals surface area contributed by atoms with E-state index in [1.807, 2.05) is 0 Å². The monoisotopic (exact) mass is 176 g/mol. The quantitative estimate of drug-likeness (QED) is 0.453. The molecule has 4 nitrogen and oxygen atoms in total. The van der Waals surface area contributed by atoms with Gasteiger partial charge >= 0.3 is 5.97 Å². The summed E-state index contributed by atoms with van der Waals surface area (Å²) in [4.78, 5) is 22.2. The second-order valence-electron chi connectivity index (χ2n) is 1.93. The molecule has 0 radical (unpaired) electrons. The summed E-state index contributed by atoms with van der Waals surface area (Å²) in [5.41, 5.74) is 0. The van der Waals surface area contributed by atoms with Crippen molar-refractivity contribution in [3.63, 3.8) is 0 Å². The summed E-state index contributed by atoms with van der Waals surface area (Å²) >= 11 is 4.28. The molecule has 0 bridgehead atoms. The van der Waals surface area contributed by atoms with Crippen molar-refractivity contribution in [3.8, 4) is 0 Å². The van der Waals surface area contributed by atoms with Gasteiger partial charge in [-0.15, -0.1) is 0 Å². The van der Waals surface area contributed by atoms with Gasteiger partial charge in [0.1, 0.15) is 11.8 Å². The minimum absolute atomic E-state index is 0.0732. The molecular formula is C6H10NO3S-. The maximum Gasteiger partial charge on any atom is 0.325 e. The Morgan fingerprint density at radius 1 is 1.55 bits per heavy atom. The Kier molecular flexibility index (Phi) is 4.52. The van der Waals surface area contributed by atoms with Crippen LogP contribution in [-0.2, 0) is 22.2 Å². The number of rotatable bonds is 3.